The highest BCUT2D eigenvalue weighted by Crippen LogP contribution is 2.39. The number of aromatic nitrogens is 2. The van der Waals surface area contributed by atoms with Crippen LogP contribution in [0.3, 0.4) is 0 Å². The van der Waals surface area contributed by atoms with Gasteiger partial charge in [0.25, 0.3) is 11.1 Å². The highest BCUT2D eigenvalue weighted by molar-refractivity contribution is 8.18. The fourth-order valence-corrected chi connectivity index (χ4v) is 4.27. The van der Waals surface area contributed by atoms with Gasteiger partial charge in [0.15, 0.2) is 0 Å². The number of nitrogens with zero attached hydrogens (tertiary/aromatic N) is 1. The van der Waals surface area contributed by atoms with Gasteiger partial charge in [0, 0.05) is 10.4 Å². The Morgan fingerprint density at radius 2 is 1.93 bits per heavy atom. The average Bonchev–Trinajstić information content (AvgIpc) is 3.21. The van der Waals surface area contributed by atoms with Gasteiger partial charge in [-0.15, -0.1) is 0 Å². The number of imide groups is 1. The fraction of sp³-hybridized carbons (Fsp3) is 0.150. The van der Waals surface area contributed by atoms with E-state index in [-0.39, 0.29) is 21.9 Å². The van der Waals surface area contributed by atoms with Crippen molar-refractivity contribution >= 4 is 51.0 Å². The molecule has 0 spiro atoms. The van der Waals surface area contributed by atoms with Crippen LogP contribution in [-0.4, -0.2) is 21.3 Å². The van der Waals surface area contributed by atoms with E-state index in [1.54, 1.807) is 25.1 Å². The van der Waals surface area contributed by atoms with Crippen molar-refractivity contribution < 1.29 is 22.8 Å². The first kappa shape index (κ1) is 20.5. The Kier molecular flexibility index (Phi) is 5.11. The number of thioether (sulfide) groups is 1. The number of nitrogens with one attached hydrogen (secondary N) is 2. The lowest BCUT2D eigenvalue weighted by Gasteiger charge is -2.16. The highest BCUT2D eigenvalue weighted by Gasteiger charge is 2.35. The molecule has 2 aromatic carbocycles. The summed E-state index contributed by atoms with van der Waals surface area (Å²) in [5.74, 6) is -0.633. The van der Waals surface area contributed by atoms with E-state index >= 15 is 0 Å². The Hall–Kier alpha value is -2.78. The first-order chi connectivity index (χ1) is 14.1. The van der Waals surface area contributed by atoms with Crippen molar-refractivity contribution in [3.63, 3.8) is 0 Å². The zero-order chi connectivity index (χ0) is 21.6. The number of alkyl halides is 3. The molecule has 1 aromatic heterocycles. The minimum Gasteiger partial charge on any atom is -0.282 e. The quantitative estimate of drug-likeness (QED) is 0.517. The van der Waals surface area contributed by atoms with E-state index in [9.17, 15) is 22.8 Å². The maximum Gasteiger partial charge on any atom is 0.416 e. The van der Waals surface area contributed by atoms with Crippen LogP contribution >= 0.6 is 23.4 Å². The molecule has 2 heterocycles. The second kappa shape index (κ2) is 7.48. The summed E-state index contributed by atoms with van der Waals surface area (Å²) in [6, 6.07) is 8.67. The number of H-pyrrole nitrogens is 1. The van der Waals surface area contributed by atoms with Gasteiger partial charge < -0.3 is 0 Å². The molecular formula is C20H13ClF3N3O2S. The summed E-state index contributed by atoms with van der Waals surface area (Å²) in [7, 11) is 0. The molecule has 5 nitrogen and oxygen atoms in total. The van der Waals surface area contributed by atoms with Crippen LogP contribution in [0.4, 0.5) is 18.0 Å². The molecule has 1 fully saturated rings. The van der Waals surface area contributed by atoms with Gasteiger partial charge >= 0.3 is 6.18 Å². The van der Waals surface area contributed by atoms with Crippen LogP contribution in [-0.2, 0) is 17.4 Å². The van der Waals surface area contributed by atoms with Crippen molar-refractivity contribution in [3.05, 3.63) is 68.7 Å². The average molecular weight is 452 g/mol. The topological polar surface area (TPSA) is 74.8 Å². The number of benzene rings is 2. The highest BCUT2D eigenvalue weighted by atomic mass is 35.5. The number of carbonyl (C=O) groups excluding carboxylic acids is 2. The van der Waals surface area contributed by atoms with Gasteiger partial charge in [-0.3, -0.25) is 20.0 Å². The van der Waals surface area contributed by atoms with E-state index in [4.69, 9.17) is 11.6 Å². The number of allylic oxidation sites excluding steroid dienone is 1. The standard InChI is InChI=1S/C20H13ClF3N3O2S/c1-9-13-6-10(3-5-16(13)27-26-9)14(17-18(28)25-19(29)30-17)7-11-2-4-12(21)8-15(11)20(22,23)24/h2-6,8H,7H2,1H3,(H,26,27)(H,25,28,29)/b17-14-. The maximum atomic E-state index is 13.6. The molecule has 4 rings (SSSR count). The molecule has 1 saturated heterocycles. The Labute approximate surface area is 177 Å². The zero-order valence-electron chi connectivity index (χ0n) is 15.4. The van der Waals surface area contributed by atoms with E-state index in [2.05, 4.69) is 15.5 Å². The fourth-order valence-electron chi connectivity index (χ4n) is 3.32. The summed E-state index contributed by atoms with van der Waals surface area (Å²) in [4.78, 5) is 24.1. The third-order valence-electron chi connectivity index (χ3n) is 4.74. The van der Waals surface area contributed by atoms with Gasteiger partial charge in [0.2, 0.25) is 0 Å². The van der Waals surface area contributed by atoms with Crippen LogP contribution in [0.5, 0.6) is 0 Å². The summed E-state index contributed by atoms with van der Waals surface area (Å²) in [6.45, 7) is 1.79. The Morgan fingerprint density at radius 1 is 1.17 bits per heavy atom. The van der Waals surface area contributed by atoms with Crippen molar-refractivity contribution in [2.45, 2.75) is 19.5 Å². The van der Waals surface area contributed by atoms with Crippen LogP contribution in [0.1, 0.15) is 22.4 Å². The number of aryl methyl sites for hydroxylation is 1. The van der Waals surface area contributed by atoms with E-state index in [1.165, 1.54) is 12.1 Å². The normalized spacial score (nSPS) is 16.3. The summed E-state index contributed by atoms with van der Waals surface area (Å²) in [6.07, 6.45) is -4.83. The van der Waals surface area contributed by atoms with Gasteiger partial charge in [0.1, 0.15) is 0 Å². The summed E-state index contributed by atoms with van der Waals surface area (Å²) < 4.78 is 40.8. The van der Waals surface area contributed by atoms with Crippen molar-refractivity contribution in [2.24, 2.45) is 0 Å². The summed E-state index contributed by atoms with van der Waals surface area (Å²) >= 11 is 6.45. The van der Waals surface area contributed by atoms with Crippen LogP contribution in [0, 0.1) is 6.92 Å². The monoisotopic (exact) mass is 451 g/mol. The van der Waals surface area contributed by atoms with E-state index in [0.29, 0.717) is 28.6 Å². The molecule has 0 atom stereocenters. The van der Waals surface area contributed by atoms with Crippen molar-refractivity contribution in [2.75, 3.05) is 0 Å². The van der Waals surface area contributed by atoms with E-state index in [1.807, 2.05) is 0 Å². The first-order valence-electron chi connectivity index (χ1n) is 8.70. The molecule has 2 amide bonds. The number of aromatic amines is 1. The molecule has 1 aliphatic rings. The van der Waals surface area contributed by atoms with Crippen LogP contribution in [0.2, 0.25) is 5.02 Å². The van der Waals surface area contributed by atoms with Gasteiger partial charge in [-0.25, -0.2) is 0 Å². The number of carbonyl (C=O) groups is 2. The van der Waals surface area contributed by atoms with Crippen molar-refractivity contribution in [1.82, 2.24) is 15.5 Å². The van der Waals surface area contributed by atoms with Crippen LogP contribution in [0.25, 0.3) is 16.5 Å². The Balaban J connectivity index is 1.90. The predicted molar refractivity (Wildman–Crippen MR) is 109 cm³/mol. The molecule has 154 valence electrons. The minimum atomic E-state index is -4.62. The van der Waals surface area contributed by atoms with Crippen molar-refractivity contribution in [1.29, 1.82) is 0 Å². The van der Waals surface area contributed by atoms with Gasteiger partial charge in [-0.05, 0) is 66.1 Å². The lowest BCUT2D eigenvalue weighted by molar-refractivity contribution is -0.138. The molecule has 10 heteroatoms. The maximum absolute atomic E-state index is 13.6. The molecule has 2 N–H and O–H groups in total. The minimum absolute atomic E-state index is 0.0427. The molecule has 1 aliphatic heterocycles. The lowest BCUT2D eigenvalue weighted by atomic mass is 9.93. The second-order valence-corrected chi connectivity index (χ2v) is 8.12. The van der Waals surface area contributed by atoms with Gasteiger partial charge in [0.05, 0.1) is 21.7 Å². The third kappa shape index (κ3) is 3.82. The number of hydrogen-bond donors (Lipinski definition) is 2. The van der Waals surface area contributed by atoms with Crippen molar-refractivity contribution in [3.8, 4) is 0 Å². The van der Waals surface area contributed by atoms with Gasteiger partial charge in [-0.2, -0.15) is 18.3 Å². The van der Waals surface area contributed by atoms with E-state index < -0.39 is 22.9 Å². The Bertz CT molecular complexity index is 1230. The molecule has 0 radical (unpaired) electrons. The number of rotatable bonds is 3. The molecular weight excluding hydrogens is 439 g/mol. The van der Waals surface area contributed by atoms with Gasteiger partial charge in [-0.1, -0.05) is 23.7 Å². The summed E-state index contributed by atoms with van der Waals surface area (Å²) in [5.41, 5.74) is 1.37. The number of halogens is 4. The largest absolute Gasteiger partial charge is 0.416 e. The van der Waals surface area contributed by atoms with E-state index in [0.717, 1.165) is 17.0 Å². The SMILES string of the molecule is Cc1n[nH]c2ccc(/C(Cc3ccc(Cl)cc3C(F)(F)F)=C3\SC(=O)NC3=O)cc12. The Morgan fingerprint density at radius 3 is 2.60 bits per heavy atom. The molecule has 0 saturated carbocycles. The number of hydrogen-bond acceptors (Lipinski definition) is 4. The smallest absolute Gasteiger partial charge is 0.282 e. The molecule has 0 bridgehead atoms. The predicted octanol–water partition coefficient (Wildman–Crippen LogP) is 5.48. The molecule has 3 aromatic rings. The second-order valence-electron chi connectivity index (χ2n) is 6.70. The molecule has 0 unspecified atom stereocenters. The lowest BCUT2D eigenvalue weighted by Crippen LogP contribution is -2.18. The van der Waals surface area contributed by atoms with Crippen LogP contribution in [0.15, 0.2) is 41.3 Å². The summed E-state index contributed by atoms with van der Waals surface area (Å²) in [5, 5.41) is 9.30. The number of amides is 2. The van der Waals surface area contributed by atoms with Crippen LogP contribution < -0.4 is 5.32 Å². The molecule has 30 heavy (non-hydrogen) atoms. The zero-order valence-corrected chi connectivity index (χ0v) is 16.9. The molecule has 0 aliphatic carbocycles. The first-order valence-corrected chi connectivity index (χ1v) is 9.90. The number of fused-ring (bicyclic) bond motifs is 1. The third-order valence-corrected chi connectivity index (χ3v) is 5.90.